The van der Waals surface area contributed by atoms with E-state index in [1.54, 1.807) is 4.68 Å². The van der Waals surface area contributed by atoms with Gasteiger partial charge < -0.3 is 5.11 Å². The fourth-order valence-corrected chi connectivity index (χ4v) is 2.96. The van der Waals surface area contributed by atoms with Gasteiger partial charge in [-0.25, -0.2) is 4.68 Å². The third-order valence-corrected chi connectivity index (χ3v) is 4.05. The minimum atomic E-state index is 0.101. The van der Waals surface area contributed by atoms with Crippen molar-refractivity contribution in [3.8, 4) is 0 Å². The molecule has 0 unspecified atom stereocenters. The Balaban J connectivity index is 1.86. The standard InChI is InChI=1S/C13H24N4O/c1-2-3-4-11-5-7-12(8-6-11)13-14-15-16-17(13)9-10-18/h11-12,18H,2-10H2,1H3. The highest BCUT2D eigenvalue weighted by atomic mass is 16.3. The van der Waals surface area contributed by atoms with Gasteiger partial charge in [-0.3, -0.25) is 0 Å². The van der Waals surface area contributed by atoms with Crippen LogP contribution in [0.4, 0.5) is 0 Å². The van der Waals surface area contributed by atoms with Crippen LogP contribution in [0.25, 0.3) is 0 Å². The number of hydrogen-bond acceptors (Lipinski definition) is 4. The summed E-state index contributed by atoms with van der Waals surface area (Å²) in [5.41, 5.74) is 0. The molecule has 5 heteroatoms. The van der Waals surface area contributed by atoms with Gasteiger partial charge in [0, 0.05) is 5.92 Å². The quantitative estimate of drug-likeness (QED) is 0.842. The second kappa shape index (κ2) is 6.83. The van der Waals surface area contributed by atoms with Crippen molar-refractivity contribution in [1.29, 1.82) is 0 Å². The number of aliphatic hydroxyl groups is 1. The molecule has 0 bridgehead atoms. The molecule has 18 heavy (non-hydrogen) atoms. The molecule has 5 nitrogen and oxygen atoms in total. The van der Waals surface area contributed by atoms with Gasteiger partial charge in [-0.15, -0.1) is 5.10 Å². The highest BCUT2D eigenvalue weighted by Gasteiger charge is 2.25. The minimum Gasteiger partial charge on any atom is -0.394 e. The van der Waals surface area contributed by atoms with Crippen LogP contribution in [0.2, 0.25) is 0 Å². The Hall–Kier alpha value is -0.970. The van der Waals surface area contributed by atoms with Gasteiger partial charge in [0.05, 0.1) is 13.2 Å². The third kappa shape index (κ3) is 3.28. The van der Waals surface area contributed by atoms with Crippen LogP contribution in [0.5, 0.6) is 0 Å². The van der Waals surface area contributed by atoms with E-state index in [9.17, 15) is 0 Å². The van der Waals surface area contributed by atoms with Crippen LogP contribution in [0.3, 0.4) is 0 Å². The summed E-state index contributed by atoms with van der Waals surface area (Å²) in [6.07, 6.45) is 9.03. The number of hydrogen-bond donors (Lipinski definition) is 1. The molecule has 0 aliphatic heterocycles. The van der Waals surface area contributed by atoms with Crippen LogP contribution in [0.1, 0.15) is 63.6 Å². The number of nitrogens with zero attached hydrogens (tertiary/aromatic N) is 4. The Bertz CT molecular complexity index is 345. The third-order valence-electron chi connectivity index (χ3n) is 4.05. The molecule has 1 aromatic rings. The molecule has 1 aliphatic rings. The lowest BCUT2D eigenvalue weighted by molar-refractivity contribution is 0.256. The first-order valence-electron chi connectivity index (χ1n) is 7.22. The van der Waals surface area contributed by atoms with E-state index in [0.29, 0.717) is 12.5 Å². The zero-order valence-electron chi connectivity index (χ0n) is 11.3. The number of unbranched alkanes of at least 4 members (excludes halogenated alkanes) is 1. The average molecular weight is 252 g/mol. The number of rotatable bonds is 6. The van der Waals surface area contributed by atoms with Crippen molar-refractivity contribution in [1.82, 2.24) is 20.2 Å². The zero-order chi connectivity index (χ0) is 12.8. The molecule has 1 heterocycles. The number of tetrazole rings is 1. The maximum atomic E-state index is 8.98. The Labute approximate surface area is 109 Å². The molecule has 1 N–H and O–H groups in total. The Morgan fingerprint density at radius 1 is 1.28 bits per heavy atom. The smallest absolute Gasteiger partial charge is 0.154 e. The molecule has 1 aliphatic carbocycles. The first-order valence-corrected chi connectivity index (χ1v) is 7.22. The van der Waals surface area contributed by atoms with Crippen LogP contribution in [0, 0.1) is 5.92 Å². The summed E-state index contributed by atoms with van der Waals surface area (Å²) in [6.45, 7) is 2.87. The molecule has 0 radical (unpaired) electrons. The van der Waals surface area contributed by atoms with E-state index < -0.39 is 0 Å². The molecular weight excluding hydrogens is 228 g/mol. The van der Waals surface area contributed by atoms with Gasteiger partial charge in [-0.1, -0.05) is 26.2 Å². The van der Waals surface area contributed by atoms with Crippen LogP contribution in [-0.4, -0.2) is 31.9 Å². The molecule has 0 saturated heterocycles. The summed E-state index contributed by atoms with van der Waals surface area (Å²) in [5, 5.41) is 20.8. The molecular formula is C13H24N4O. The van der Waals surface area contributed by atoms with E-state index in [-0.39, 0.29) is 6.61 Å². The van der Waals surface area contributed by atoms with E-state index in [1.165, 1.54) is 44.9 Å². The van der Waals surface area contributed by atoms with Crippen molar-refractivity contribution < 1.29 is 5.11 Å². The van der Waals surface area contributed by atoms with E-state index in [1.807, 2.05) is 0 Å². The van der Waals surface area contributed by atoms with Crippen molar-refractivity contribution in [2.45, 2.75) is 64.3 Å². The van der Waals surface area contributed by atoms with Gasteiger partial charge in [0.15, 0.2) is 5.82 Å². The predicted molar refractivity (Wildman–Crippen MR) is 69.1 cm³/mol. The molecule has 1 fully saturated rings. The van der Waals surface area contributed by atoms with E-state index in [4.69, 9.17) is 5.11 Å². The number of aromatic nitrogens is 4. The van der Waals surface area contributed by atoms with E-state index >= 15 is 0 Å². The maximum absolute atomic E-state index is 8.98. The lowest BCUT2D eigenvalue weighted by atomic mass is 9.79. The zero-order valence-corrected chi connectivity index (χ0v) is 11.3. The summed E-state index contributed by atoms with van der Waals surface area (Å²) >= 11 is 0. The van der Waals surface area contributed by atoms with Crippen molar-refractivity contribution >= 4 is 0 Å². The van der Waals surface area contributed by atoms with Gasteiger partial charge in [-0.05, 0) is 42.0 Å². The highest BCUT2D eigenvalue weighted by Crippen LogP contribution is 2.36. The molecule has 1 aromatic heterocycles. The lowest BCUT2D eigenvalue weighted by Crippen LogP contribution is -2.18. The molecule has 102 valence electrons. The van der Waals surface area contributed by atoms with Gasteiger partial charge in [0.1, 0.15) is 0 Å². The van der Waals surface area contributed by atoms with Crippen molar-refractivity contribution in [2.24, 2.45) is 5.92 Å². The average Bonchev–Trinajstić information content (AvgIpc) is 2.86. The molecule has 0 amide bonds. The van der Waals surface area contributed by atoms with E-state index in [2.05, 4.69) is 22.4 Å². The topological polar surface area (TPSA) is 63.8 Å². The molecule has 1 saturated carbocycles. The fraction of sp³-hybridized carbons (Fsp3) is 0.923. The molecule has 2 rings (SSSR count). The summed E-state index contributed by atoms with van der Waals surface area (Å²) in [4.78, 5) is 0. The fourth-order valence-electron chi connectivity index (χ4n) is 2.96. The maximum Gasteiger partial charge on any atom is 0.154 e. The molecule has 0 spiro atoms. The lowest BCUT2D eigenvalue weighted by Gasteiger charge is -2.27. The SMILES string of the molecule is CCCCC1CCC(c2nnnn2CCO)CC1. The van der Waals surface area contributed by atoms with Gasteiger partial charge >= 0.3 is 0 Å². The minimum absolute atomic E-state index is 0.101. The van der Waals surface area contributed by atoms with Gasteiger partial charge in [0.2, 0.25) is 0 Å². The van der Waals surface area contributed by atoms with Crippen molar-refractivity contribution in [2.75, 3.05) is 6.61 Å². The number of aliphatic hydroxyl groups excluding tert-OH is 1. The summed E-state index contributed by atoms with van der Waals surface area (Å²) < 4.78 is 1.76. The van der Waals surface area contributed by atoms with Crippen LogP contribution < -0.4 is 0 Å². The monoisotopic (exact) mass is 252 g/mol. The van der Waals surface area contributed by atoms with Crippen LogP contribution in [0.15, 0.2) is 0 Å². The Morgan fingerprint density at radius 2 is 2.06 bits per heavy atom. The second-order valence-electron chi connectivity index (χ2n) is 5.34. The van der Waals surface area contributed by atoms with Gasteiger partial charge in [-0.2, -0.15) is 0 Å². The largest absolute Gasteiger partial charge is 0.394 e. The van der Waals surface area contributed by atoms with Crippen molar-refractivity contribution in [3.63, 3.8) is 0 Å². The summed E-state index contributed by atoms with van der Waals surface area (Å²) in [5.74, 6) is 2.37. The Kier molecular flexibility index (Phi) is 5.11. The Morgan fingerprint density at radius 3 is 2.72 bits per heavy atom. The summed E-state index contributed by atoms with van der Waals surface area (Å²) in [6, 6.07) is 0. The molecule has 0 atom stereocenters. The van der Waals surface area contributed by atoms with Gasteiger partial charge in [0.25, 0.3) is 0 Å². The second-order valence-corrected chi connectivity index (χ2v) is 5.34. The van der Waals surface area contributed by atoms with Crippen LogP contribution >= 0.6 is 0 Å². The first-order chi connectivity index (χ1) is 8.85. The van der Waals surface area contributed by atoms with E-state index in [0.717, 1.165) is 11.7 Å². The predicted octanol–water partition coefficient (Wildman–Crippen LogP) is 2.13. The normalized spacial score (nSPS) is 24.3. The highest BCUT2D eigenvalue weighted by molar-refractivity contribution is 4.96. The van der Waals surface area contributed by atoms with Crippen molar-refractivity contribution in [3.05, 3.63) is 5.82 Å². The van der Waals surface area contributed by atoms with Crippen LogP contribution in [-0.2, 0) is 6.54 Å². The first kappa shape index (κ1) is 13.5. The summed E-state index contributed by atoms with van der Waals surface area (Å²) in [7, 11) is 0. The molecule has 0 aromatic carbocycles.